The lowest BCUT2D eigenvalue weighted by Gasteiger charge is -2.18. The maximum absolute atomic E-state index is 11.1. The molecule has 2 unspecified atom stereocenters. The maximum atomic E-state index is 11.1. The van der Waals surface area contributed by atoms with Gasteiger partial charge in [0, 0.05) is 19.2 Å². The van der Waals surface area contributed by atoms with Gasteiger partial charge in [-0.05, 0) is 24.1 Å². The van der Waals surface area contributed by atoms with E-state index in [0.717, 1.165) is 0 Å². The number of hydrogen-bond acceptors (Lipinski definition) is 4. The Morgan fingerprint density at radius 2 is 1.86 bits per heavy atom. The fraction of sp³-hybridized carbons (Fsp3) is 0.429. The van der Waals surface area contributed by atoms with Crippen LogP contribution in [0.15, 0.2) is 24.3 Å². The van der Waals surface area contributed by atoms with Gasteiger partial charge in [0.05, 0.1) is 6.10 Å². The number of aliphatic hydroxyl groups is 2. The Labute approximate surface area is 128 Å². The van der Waals surface area contributed by atoms with Gasteiger partial charge in [0.15, 0.2) is 0 Å². The van der Waals surface area contributed by atoms with E-state index in [1.54, 1.807) is 24.3 Å². The Hall–Kier alpha value is -1.63. The van der Waals surface area contributed by atoms with E-state index in [1.807, 2.05) is 0 Å². The summed E-state index contributed by atoms with van der Waals surface area (Å²) in [6.07, 6.45) is -1.80. The average molecular weight is 315 g/mol. The topological polar surface area (TPSA) is 98.7 Å². The molecule has 1 rings (SSSR count). The van der Waals surface area contributed by atoms with Crippen LogP contribution in [0.3, 0.4) is 0 Å². The van der Waals surface area contributed by atoms with E-state index < -0.39 is 12.2 Å². The summed E-state index contributed by atoms with van der Waals surface area (Å²) in [5.41, 5.74) is 1.08. The molecule has 0 spiro atoms. The Balaban J connectivity index is 2.55. The fourth-order valence-corrected chi connectivity index (χ4v) is 1.80. The minimum atomic E-state index is -1.06. The zero-order valence-electron chi connectivity index (χ0n) is 11.7. The van der Waals surface area contributed by atoms with Gasteiger partial charge in [0.25, 0.3) is 0 Å². The van der Waals surface area contributed by atoms with E-state index in [-0.39, 0.29) is 30.7 Å². The minimum absolute atomic E-state index is 0.133. The van der Waals surface area contributed by atoms with Crippen LogP contribution in [0.5, 0.6) is 0 Å². The highest BCUT2D eigenvalue weighted by atomic mass is 35.5. The van der Waals surface area contributed by atoms with Crippen molar-refractivity contribution < 1.29 is 19.8 Å². The summed E-state index contributed by atoms with van der Waals surface area (Å²) in [6.45, 7) is 1.67. The van der Waals surface area contributed by atoms with Crippen LogP contribution in [0.4, 0.5) is 5.69 Å². The number of amides is 2. The van der Waals surface area contributed by atoms with Crippen LogP contribution in [0.2, 0.25) is 0 Å². The molecule has 2 amide bonds. The summed E-state index contributed by atoms with van der Waals surface area (Å²) in [5, 5.41) is 25.0. The van der Waals surface area contributed by atoms with Gasteiger partial charge < -0.3 is 20.8 Å². The normalized spacial score (nSPS) is 13.3. The van der Waals surface area contributed by atoms with Gasteiger partial charge in [0.2, 0.25) is 11.8 Å². The number of benzene rings is 1. The van der Waals surface area contributed by atoms with Gasteiger partial charge >= 0.3 is 0 Å². The van der Waals surface area contributed by atoms with Crippen molar-refractivity contribution in [2.45, 2.75) is 25.6 Å². The second-order valence-electron chi connectivity index (χ2n) is 4.59. The van der Waals surface area contributed by atoms with E-state index in [9.17, 15) is 19.8 Å². The highest BCUT2D eigenvalue weighted by Crippen LogP contribution is 2.20. The van der Waals surface area contributed by atoms with E-state index in [2.05, 4.69) is 10.6 Å². The highest BCUT2D eigenvalue weighted by molar-refractivity contribution is 6.29. The van der Waals surface area contributed by atoms with Crippen molar-refractivity contribution in [3.8, 4) is 0 Å². The second-order valence-corrected chi connectivity index (χ2v) is 4.85. The SMILES string of the molecule is CC(=O)NCCC(O)C(O)c1ccc(NC(=O)CCl)cc1. The lowest BCUT2D eigenvalue weighted by atomic mass is 10.0. The van der Waals surface area contributed by atoms with Gasteiger partial charge in [-0.2, -0.15) is 0 Å². The monoisotopic (exact) mass is 314 g/mol. The van der Waals surface area contributed by atoms with E-state index in [0.29, 0.717) is 11.3 Å². The molecule has 0 bridgehead atoms. The van der Waals surface area contributed by atoms with Gasteiger partial charge in [-0.25, -0.2) is 0 Å². The third-order valence-corrected chi connectivity index (χ3v) is 3.08. The summed E-state index contributed by atoms with van der Waals surface area (Å²) in [6, 6.07) is 6.44. The van der Waals surface area contributed by atoms with Crippen molar-refractivity contribution in [3.05, 3.63) is 29.8 Å². The Kier molecular flexibility index (Phi) is 7.14. The summed E-state index contributed by atoms with van der Waals surface area (Å²) in [7, 11) is 0. The van der Waals surface area contributed by atoms with E-state index in [4.69, 9.17) is 11.6 Å². The molecule has 0 aliphatic rings. The molecule has 0 saturated carbocycles. The number of rotatable bonds is 7. The number of anilines is 1. The molecule has 2 atom stereocenters. The van der Waals surface area contributed by atoms with Crippen LogP contribution in [-0.4, -0.2) is 40.6 Å². The molecule has 21 heavy (non-hydrogen) atoms. The lowest BCUT2D eigenvalue weighted by Crippen LogP contribution is -2.27. The van der Waals surface area contributed by atoms with Gasteiger partial charge in [0.1, 0.15) is 12.0 Å². The predicted octanol–water partition coefficient (Wildman–Crippen LogP) is 0.784. The Morgan fingerprint density at radius 1 is 1.24 bits per heavy atom. The van der Waals surface area contributed by atoms with Crippen LogP contribution >= 0.6 is 11.6 Å². The smallest absolute Gasteiger partial charge is 0.239 e. The molecular weight excluding hydrogens is 296 g/mol. The van der Waals surface area contributed by atoms with Crippen LogP contribution in [0.1, 0.15) is 25.0 Å². The largest absolute Gasteiger partial charge is 0.390 e. The van der Waals surface area contributed by atoms with Crippen molar-refractivity contribution in [2.24, 2.45) is 0 Å². The molecule has 0 heterocycles. The number of carbonyl (C=O) groups is 2. The van der Waals surface area contributed by atoms with Crippen LogP contribution in [-0.2, 0) is 9.59 Å². The fourth-order valence-electron chi connectivity index (χ4n) is 1.73. The molecule has 0 fully saturated rings. The van der Waals surface area contributed by atoms with Crippen LogP contribution in [0.25, 0.3) is 0 Å². The number of alkyl halides is 1. The molecule has 0 aromatic heterocycles. The van der Waals surface area contributed by atoms with E-state index in [1.165, 1.54) is 6.92 Å². The van der Waals surface area contributed by atoms with Gasteiger partial charge in [-0.3, -0.25) is 9.59 Å². The first-order chi connectivity index (χ1) is 9.93. The number of nitrogens with one attached hydrogen (secondary N) is 2. The molecule has 6 nitrogen and oxygen atoms in total. The quantitative estimate of drug-likeness (QED) is 0.559. The van der Waals surface area contributed by atoms with Gasteiger partial charge in [-0.1, -0.05) is 12.1 Å². The number of carbonyl (C=O) groups excluding carboxylic acids is 2. The summed E-state index contributed by atoms with van der Waals surface area (Å²) < 4.78 is 0. The molecular formula is C14H19ClN2O4. The molecule has 1 aromatic carbocycles. The van der Waals surface area contributed by atoms with Crippen molar-refractivity contribution in [2.75, 3.05) is 17.7 Å². The van der Waals surface area contributed by atoms with Crippen molar-refractivity contribution >= 4 is 29.1 Å². The molecule has 116 valence electrons. The predicted molar refractivity (Wildman–Crippen MR) is 80.1 cm³/mol. The minimum Gasteiger partial charge on any atom is -0.390 e. The molecule has 7 heteroatoms. The summed E-state index contributed by atoms with van der Waals surface area (Å²) in [5.74, 6) is -0.636. The first-order valence-electron chi connectivity index (χ1n) is 6.50. The number of hydrogen-bond donors (Lipinski definition) is 4. The third-order valence-electron chi connectivity index (χ3n) is 2.84. The second kappa shape index (κ2) is 8.61. The lowest BCUT2D eigenvalue weighted by molar-refractivity contribution is -0.119. The van der Waals surface area contributed by atoms with Crippen molar-refractivity contribution in [3.63, 3.8) is 0 Å². The summed E-state index contributed by atoms with van der Waals surface area (Å²) >= 11 is 5.38. The molecule has 0 saturated heterocycles. The van der Waals surface area contributed by atoms with E-state index >= 15 is 0 Å². The molecule has 0 aliphatic heterocycles. The highest BCUT2D eigenvalue weighted by Gasteiger charge is 2.18. The molecule has 0 aliphatic carbocycles. The molecule has 4 N–H and O–H groups in total. The zero-order chi connectivity index (χ0) is 15.8. The van der Waals surface area contributed by atoms with Crippen LogP contribution in [0, 0.1) is 0 Å². The average Bonchev–Trinajstić information content (AvgIpc) is 2.46. The Bertz CT molecular complexity index is 478. The van der Waals surface area contributed by atoms with Crippen molar-refractivity contribution in [1.82, 2.24) is 5.32 Å². The zero-order valence-corrected chi connectivity index (χ0v) is 12.4. The third kappa shape index (κ3) is 6.12. The molecule has 1 aromatic rings. The number of halogens is 1. The standard InChI is InChI=1S/C14H19ClN2O4/c1-9(18)16-7-6-12(19)14(21)10-2-4-11(5-3-10)17-13(20)8-15/h2-5,12,14,19,21H,6-8H2,1H3,(H,16,18)(H,17,20). The van der Waals surface area contributed by atoms with Crippen LogP contribution < -0.4 is 10.6 Å². The Morgan fingerprint density at radius 3 is 2.38 bits per heavy atom. The first kappa shape index (κ1) is 17.4. The maximum Gasteiger partial charge on any atom is 0.239 e. The summed E-state index contributed by atoms with van der Waals surface area (Å²) in [4.78, 5) is 21.8. The van der Waals surface area contributed by atoms with Gasteiger partial charge in [-0.15, -0.1) is 11.6 Å². The molecule has 0 radical (unpaired) electrons. The number of aliphatic hydroxyl groups excluding tert-OH is 2. The van der Waals surface area contributed by atoms with Crippen molar-refractivity contribution in [1.29, 1.82) is 0 Å². The first-order valence-corrected chi connectivity index (χ1v) is 7.04.